The highest BCUT2D eigenvalue weighted by molar-refractivity contribution is 5.43. The van der Waals surface area contributed by atoms with Crippen LogP contribution in [0.15, 0.2) is 17.1 Å². The van der Waals surface area contributed by atoms with E-state index < -0.39 is 0 Å². The van der Waals surface area contributed by atoms with Gasteiger partial charge in [-0.25, -0.2) is 4.68 Å². The van der Waals surface area contributed by atoms with Crippen LogP contribution in [0.25, 0.3) is 0 Å². The van der Waals surface area contributed by atoms with Gasteiger partial charge in [-0.2, -0.15) is 5.10 Å². The summed E-state index contributed by atoms with van der Waals surface area (Å²) in [5.74, 6) is 0. The molecule has 1 atom stereocenters. The summed E-state index contributed by atoms with van der Waals surface area (Å²) in [5.41, 5.74) is 0.944. The lowest BCUT2D eigenvalue weighted by molar-refractivity contribution is 0.110. The predicted octanol–water partition coefficient (Wildman–Crippen LogP) is 0.612. The van der Waals surface area contributed by atoms with Gasteiger partial charge in [-0.15, -0.1) is 0 Å². The zero-order valence-corrected chi connectivity index (χ0v) is 12.5. The number of nitrogens with zero attached hydrogens (tertiary/aromatic N) is 3. The molecular weight excluding hydrogens is 268 g/mol. The van der Waals surface area contributed by atoms with Crippen molar-refractivity contribution in [1.29, 1.82) is 0 Å². The van der Waals surface area contributed by atoms with Gasteiger partial charge < -0.3 is 15.0 Å². The van der Waals surface area contributed by atoms with Crippen molar-refractivity contribution in [2.45, 2.75) is 38.3 Å². The van der Waals surface area contributed by atoms with Gasteiger partial charge in [0.05, 0.1) is 24.5 Å². The molecule has 0 saturated carbocycles. The van der Waals surface area contributed by atoms with Crippen molar-refractivity contribution in [3.05, 3.63) is 22.6 Å². The fourth-order valence-electron chi connectivity index (χ4n) is 2.99. The standard InChI is InChI=1S/C15H24N4O2/c20-15-10-13(18-6-1-2-7-18)11-17-19(15)8-5-16-12-14-4-3-9-21-14/h10-11,14,16H,1-9,12H2. The Morgan fingerprint density at radius 2 is 2.19 bits per heavy atom. The molecule has 0 radical (unpaired) electrons. The minimum atomic E-state index is -0.0154. The topological polar surface area (TPSA) is 59.4 Å². The highest BCUT2D eigenvalue weighted by atomic mass is 16.5. The Kier molecular flexibility index (Phi) is 4.87. The quantitative estimate of drug-likeness (QED) is 0.779. The van der Waals surface area contributed by atoms with Crippen LogP contribution >= 0.6 is 0 Å². The Morgan fingerprint density at radius 1 is 1.33 bits per heavy atom. The Balaban J connectivity index is 1.47. The Morgan fingerprint density at radius 3 is 2.90 bits per heavy atom. The summed E-state index contributed by atoms with van der Waals surface area (Å²) in [5, 5.41) is 7.62. The van der Waals surface area contributed by atoms with E-state index in [0.29, 0.717) is 12.6 Å². The van der Waals surface area contributed by atoms with Gasteiger partial charge in [-0.1, -0.05) is 0 Å². The SMILES string of the molecule is O=c1cc(N2CCCC2)cnn1CCNCC1CCCO1. The van der Waals surface area contributed by atoms with Crippen molar-refractivity contribution in [3.8, 4) is 0 Å². The molecule has 6 heteroatoms. The van der Waals surface area contributed by atoms with E-state index in [1.54, 1.807) is 6.07 Å². The van der Waals surface area contributed by atoms with Gasteiger partial charge in [0.15, 0.2) is 0 Å². The van der Waals surface area contributed by atoms with Crippen LogP contribution in [-0.2, 0) is 11.3 Å². The minimum absolute atomic E-state index is 0.0154. The van der Waals surface area contributed by atoms with E-state index in [1.165, 1.54) is 17.5 Å². The first-order valence-corrected chi connectivity index (χ1v) is 7.97. The molecular formula is C15H24N4O2. The highest BCUT2D eigenvalue weighted by Crippen LogP contribution is 2.16. The molecule has 1 aromatic rings. The van der Waals surface area contributed by atoms with Gasteiger partial charge in [-0.3, -0.25) is 4.79 Å². The molecule has 0 bridgehead atoms. The van der Waals surface area contributed by atoms with E-state index in [-0.39, 0.29) is 5.56 Å². The van der Waals surface area contributed by atoms with Gasteiger partial charge in [0.1, 0.15) is 0 Å². The molecule has 0 amide bonds. The first-order chi connectivity index (χ1) is 10.3. The van der Waals surface area contributed by atoms with Crippen LogP contribution in [0.2, 0.25) is 0 Å². The maximum atomic E-state index is 12.1. The number of ether oxygens (including phenoxy) is 1. The summed E-state index contributed by atoms with van der Waals surface area (Å²) in [6, 6.07) is 1.71. The zero-order valence-electron chi connectivity index (χ0n) is 12.5. The molecule has 2 fully saturated rings. The summed E-state index contributed by atoms with van der Waals surface area (Å²) in [7, 11) is 0. The van der Waals surface area contributed by atoms with Gasteiger partial charge in [0.2, 0.25) is 0 Å². The van der Waals surface area contributed by atoms with E-state index in [2.05, 4.69) is 15.3 Å². The number of nitrogens with one attached hydrogen (secondary N) is 1. The average Bonchev–Trinajstić information content (AvgIpc) is 3.18. The molecule has 1 unspecified atom stereocenters. The molecule has 0 aromatic carbocycles. The lowest BCUT2D eigenvalue weighted by atomic mass is 10.2. The summed E-state index contributed by atoms with van der Waals surface area (Å²) in [6.07, 6.45) is 6.85. The molecule has 6 nitrogen and oxygen atoms in total. The fourth-order valence-corrected chi connectivity index (χ4v) is 2.99. The Bertz CT molecular complexity index is 505. The van der Waals surface area contributed by atoms with Gasteiger partial charge in [0, 0.05) is 38.9 Å². The number of aromatic nitrogens is 2. The van der Waals surface area contributed by atoms with Crippen LogP contribution in [0.3, 0.4) is 0 Å². The highest BCUT2D eigenvalue weighted by Gasteiger charge is 2.15. The van der Waals surface area contributed by atoms with E-state index >= 15 is 0 Å². The largest absolute Gasteiger partial charge is 0.377 e. The molecule has 3 rings (SSSR count). The summed E-state index contributed by atoms with van der Waals surface area (Å²) >= 11 is 0. The maximum Gasteiger partial charge on any atom is 0.268 e. The maximum absolute atomic E-state index is 12.1. The lowest BCUT2D eigenvalue weighted by Crippen LogP contribution is -2.33. The number of anilines is 1. The summed E-state index contributed by atoms with van der Waals surface area (Å²) in [6.45, 7) is 5.16. The van der Waals surface area contributed by atoms with E-state index in [4.69, 9.17) is 4.74 Å². The van der Waals surface area contributed by atoms with Gasteiger partial charge in [0.25, 0.3) is 5.56 Å². The van der Waals surface area contributed by atoms with Crippen molar-refractivity contribution in [2.24, 2.45) is 0 Å². The van der Waals surface area contributed by atoms with Crippen molar-refractivity contribution in [1.82, 2.24) is 15.1 Å². The second-order valence-electron chi connectivity index (χ2n) is 5.81. The molecule has 1 N–H and O–H groups in total. The van der Waals surface area contributed by atoms with E-state index in [1.807, 2.05) is 6.20 Å². The van der Waals surface area contributed by atoms with Crippen molar-refractivity contribution < 1.29 is 4.74 Å². The molecule has 2 aliphatic rings. The first kappa shape index (κ1) is 14.5. The van der Waals surface area contributed by atoms with E-state index in [9.17, 15) is 4.79 Å². The molecule has 2 saturated heterocycles. The molecule has 0 aliphatic carbocycles. The van der Waals surface area contributed by atoms with Crippen molar-refractivity contribution in [2.75, 3.05) is 37.7 Å². The van der Waals surface area contributed by atoms with Crippen LogP contribution < -0.4 is 15.8 Å². The molecule has 116 valence electrons. The third-order valence-electron chi connectivity index (χ3n) is 4.22. The van der Waals surface area contributed by atoms with Crippen LogP contribution in [0.4, 0.5) is 5.69 Å². The Hall–Kier alpha value is -1.40. The fraction of sp³-hybridized carbons (Fsp3) is 0.733. The smallest absolute Gasteiger partial charge is 0.268 e. The molecule has 21 heavy (non-hydrogen) atoms. The van der Waals surface area contributed by atoms with Crippen LogP contribution in [-0.4, -0.2) is 48.7 Å². The first-order valence-electron chi connectivity index (χ1n) is 7.97. The minimum Gasteiger partial charge on any atom is -0.377 e. The average molecular weight is 292 g/mol. The lowest BCUT2D eigenvalue weighted by Gasteiger charge is -2.17. The molecule has 0 spiro atoms. The van der Waals surface area contributed by atoms with Crippen molar-refractivity contribution >= 4 is 5.69 Å². The van der Waals surface area contributed by atoms with Gasteiger partial charge >= 0.3 is 0 Å². The third-order valence-corrected chi connectivity index (χ3v) is 4.22. The summed E-state index contributed by atoms with van der Waals surface area (Å²) < 4.78 is 7.08. The Labute approximate surface area is 125 Å². The second kappa shape index (κ2) is 7.04. The number of hydrogen-bond donors (Lipinski definition) is 1. The van der Waals surface area contributed by atoms with Crippen LogP contribution in [0.5, 0.6) is 0 Å². The van der Waals surface area contributed by atoms with E-state index in [0.717, 1.165) is 51.3 Å². The monoisotopic (exact) mass is 292 g/mol. The van der Waals surface area contributed by atoms with Gasteiger partial charge in [-0.05, 0) is 25.7 Å². The third kappa shape index (κ3) is 3.83. The number of rotatable bonds is 6. The van der Waals surface area contributed by atoms with Crippen molar-refractivity contribution in [3.63, 3.8) is 0 Å². The molecule has 2 aliphatic heterocycles. The zero-order chi connectivity index (χ0) is 14.5. The second-order valence-corrected chi connectivity index (χ2v) is 5.81. The normalized spacial score (nSPS) is 22.1. The molecule has 1 aromatic heterocycles. The molecule has 3 heterocycles. The number of hydrogen-bond acceptors (Lipinski definition) is 5. The van der Waals surface area contributed by atoms with Crippen LogP contribution in [0, 0.1) is 0 Å². The predicted molar refractivity (Wildman–Crippen MR) is 81.8 cm³/mol. The summed E-state index contributed by atoms with van der Waals surface area (Å²) in [4.78, 5) is 14.3. The van der Waals surface area contributed by atoms with Crippen LogP contribution in [0.1, 0.15) is 25.7 Å².